The third-order valence-corrected chi connectivity index (χ3v) is 6.53. The van der Waals surface area contributed by atoms with Gasteiger partial charge in [-0.05, 0) is 75.8 Å². The van der Waals surface area contributed by atoms with Gasteiger partial charge in [0.05, 0.1) is 28.9 Å². The van der Waals surface area contributed by atoms with Crippen molar-refractivity contribution in [3.63, 3.8) is 0 Å². The van der Waals surface area contributed by atoms with E-state index in [2.05, 4.69) is 17.3 Å². The molecule has 0 radical (unpaired) electrons. The maximum Gasteiger partial charge on any atom is 0.291 e. The minimum atomic E-state index is -0.331. The summed E-state index contributed by atoms with van der Waals surface area (Å²) >= 11 is 1.29. The molecule has 1 saturated heterocycles. The van der Waals surface area contributed by atoms with Gasteiger partial charge in [-0.25, -0.2) is 0 Å². The maximum atomic E-state index is 13.6. The number of thiophene rings is 1. The third kappa shape index (κ3) is 4.49. The average molecular weight is 428 g/mol. The molecule has 1 aliphatic heterocycles. The van der Waals surface area contributed by atoms with Crippen LogP contribution in [0.3, 0.4) is 0 Å². The van der Waals surface area contributed by atoms with Crippen LogP contribution in [0.1, 0.15) is 44.4 Å². The summed E-state index contributed by atoms with van der Waals surface area (Å²) in [5, 5.41) is 3.44. The fourth-order valence-corrected chi connectivity index (χ4v) is 4.74. The highest BCUT2D eigenvalue weighted by atomic mass is 32.1. The Morgan fingerprint density at radius 1 is 1.20 bits per heavy atom. The highest BCUT2D eigenvalue weighted by Gasteiger charge is 2.30. The lowest BCUT2D eigenvalue weighted by molar-refractivity contribution is 0.0555. The highest BCUT2D eigenvalue weighted by Crippen LogP contribution is 2.30. The van der Waals surface area contributed by atoms with Gasteiger partial charge in [-0.1, -0.05) is 0 Å². The molecular formula is C22H25N3O4S. The molecule has 1 N–H and O–H groups in total. The number of aryl methyl sites for hydroxylation is 1. The van der Waals surface area contributed by atoms with Crippen molar-refractivity contribution in [3.05, 3.63) is 64.8 Å². The van der Waals surface area contributed by atoms with E-state index in [1.165, 1.54) is 17.6 Å². The van der Waals surface area contributed by atoms with Gasteiger partial charge in [-0.2, -0.15) is 0 Å². The Morgan fingerprint density at radius 2 is 1.93 bits per heavy atom. The second-order valence-electron chi connectivity index (χ2n) is 7.60. The Hall–Kier alpha value is -2.84. The number of rotatable bonds is 6. The minimum absolute atomic E-state index is 0.0260. The van der Waals surface area contributed by atoms with Crippen LogP contribution in [-0.2, 0) is 6.54 Å². The maximum absolute atomic E-state index is 13.6. The van der Waals surface area contributed by atoms with Crippen LogP contribution in [0, 0.1) is 6.92 Å². The van der Waals surface area contributed by atoms with Crippen molar-refractivity contribution < 1.29 is 18.4 Å². The molecule has 0 saturated carbocycles. The molecule has 3 aromatic heterocycles. The predicted molar refractivity (Wildman–Crippen MR) is 115 cm³/mol. The number of carbonyl (C=O) groups is 2. The van der Waals surface area contributed by atoms with Gasteiger partial charge in [-0.3, -0.25) is 9.59 Å². The quantitative estimate of drug-likeness (QED) is 0.637. The third-order valence-electron chi connectivity index (χ3n) is 5.39. The molecule has 0 aromatic carbocycles. The second kappa shape index (κ2) is 8.89. The minimum Gasteiger partial charge on any atom is -0.467 e. The molecule has 2 amide bonds. The van der Waals surface area contributed by atoms with Crippen molar-refractivity contribution in [1.82, 2.24) is 9.80 Å². The van der Waals surface area contributed by atoms with Crippen LogP contribution in [0.2, 0.25) is 0 Å². The van der Waals surface area contributed by atoms with Crippen molar-refractivity contribution in [2.75, 3.05) is 25.5 Å². The van der Waals surface area contributed by atoms with Crippen molar-refractivity contribution >= 4 is 28.2 Å². The van der Waals surface area contributed by atoms with E-state index in [-0.39, 0.29) is 23.6 Å². The molecule has 0 spiro atoms. The van der Waals surface area contributed by atoms with Crippen LogP contribution >= 0.6 is 11.3 Å². The lowest BCUT2D eigenvalue weighted by atomic mass is 10.0. The average Bonchev–Trinajstić information content (AvgIpc) is 3.49. The molecule has 4 rings (SSSR count). The first kappa shape index (κ1) is 20.4. The SMILES string of the molecule is Cc1cc(NC(=O)c2ccco2)sc1C(=O)N(Cc1ccco1)C1CCN(C)CC1. The molecule has 1 fully saturated rings. The van der Waals surface area contributed by atoms with Gasteiger partial charge in [0.2, 0.25) is 0 Å². The van der Waals surface area contributed by atoms with Gasteiger partial charge in [0.15, 0.2) is 5.76 Å². The van der Waals surface area contributed by atoms with Gasteiger partial charge in [0.1, 0.15) is 5.76 Å². The summed E-state index contributed by atoms with van der Waals surface area (Å²) in [5.41, 5.74) is 0.845. The molecule has 30 heavy (non-hydrogen) atoms. The number of piperidine rings is 1. The normalized spacial score (nSPS) is 15.3. The summed E-state index contributed by atoms with van der Waals surface area (Å²) < 4.78 is 10.7. The summed E-state index contributed by atoms with van der Waals surface area (Å²) in [6.07, 6.45) is 4.94. The molecule has 7 nitrogen and oxygen atoms in total. The number of nitrogens with one attached hydrogen (secondary N) is 1. The van der Waals surface area contributed by atoms with E-state index in [4.69, 9.17) is 8.83 Å². The topological polar surface area (TPSA) is 78.9 Å². The summed E-state index contributed by atoms with van der Waals surface area (Å²) in [6.45, 7) is 4.25. The summed E-state index contributed by atoms with van der Waals surface area (Å²) in [5.74, 6) is 0.646. The number of likely N-dealkylation sites (tertiary alicyclic amines) is 1. The van der Waals surface area contributed by atoms with E-state index >= 15 is 0 Å². The number of furan rings is 2. The molecule has 0 unspecified atom stereocenters. The fourth-order valence-electron chi connectivity index (χ4n) is 3.71. The largest absolute Gasteiger partial charge is 0.467 e. The number of nitrogens with zero attached hydrogens (tertiary/aromatic N) is 2. The summed E-state index contributed by atoms with van der Waals surface area (Å²) in [7, 11) is 2.10. The molecule has 0 aliphatic carbocycles. The summed E-state index contributed by atoms with van der Waals surface area (Å²) in [4.78, 5) is 30.7. The molecule has 1 aliphatic rings. The van der Waals surface area contributed by atoms with E-state index in [0.717, 1.165) is 37.3 Å². The lowest BCUT2D eigenvalue weighted by Crippen LogP contribution is -2.46. The lowest BCUT2D eigenvalue weighted by Gasteiger charge is -2.37. The predicted octanol–water partition coefficient (Wildman–Crippen LogP) is 4.23. The van der Waals surface area contributed by atoms with Crippen LogP contribution in [0.15, 0.2) is 51.7 Å². The Labute approximate surface area is 179 Å². The number of hydrogen-bond acceptors (Lipinski definition) is 6. The second-order valence-corrected chi connectivity index (χ2v) is 8.65. The zero-order valence-corrected chi connectivity index (χ0v) is 17.9. The van der Waals surface area contributed by atoms with Gasteiger partial charge in [-0.15, -0.1) is 11.3 Å². The van der Waals surface area contributed by atoms with Crippen molar-refractivity contribution in [1.29, 1.82) is 0 Å². The molecule has 3 aromatic rings. The monoisotopic (exact) mass is 427 g/mol. The van der Waals surface area contributed by atoms with Crippen LogP contribution in [-0.4, -0.2) is 47.8 Å². The van der Waals surface area contributed by atoms with Crippen LogP contribution in [0.25, 0.3) is 0 Å². The van der Waals surface area contributed by atoms with E-state index in [9.17, 15) is 9.59 Å². The Kier molecular flexibility index (Phi) is 6.06. The smallest absolute Gasteiger partial charge is 0.291 e. The van der Waals surface area contributed by atoms with Crippen LogP contribution in [0.4, 0.5) is 5.00 Å². The number of hydrogen-bond donors (Lipinski definition) is 1. The zero-order valence-electron chi connectivity index (χ0n) is 17.1. The Morgan fingerprint density at radius 3 is 2.60 bits per heavy atom. The zero-order chi connectivity index (χ0) is 21.1. The molecule has 0 atom stereocenters. The first-order valence-corrected chi connectivity index (χ1v) is 10.8. The standard InChI is InChI=1S/C22H25N3O4S/c1-15-13-19(23-21(26)18-6-4-12-29-18)30-20(15)22(27)25(14-17-5-3-11-28-17)16-7-9-24(2)10-8-16/h3-6,11-13,16H,7-10,14H2,1-2H3,(H,23,26). The number of carbonyl (C=O) groups excluding carboxylic acids is 2. The molecular weight excluding hydrogens is 402 g/mol. The molecule has 8 heteroatoms. The van der Waals surface area contributed by atoms with Gasteiger partial charge in [0.25, 0.3) is 11.8 Å². The Balaban J connectivity index is 1.54. The van der Waals surface area contributed by atoms with Crippen molar-refractivity contribution in [3.8, 4) is 0 Å². The first-order valence-electron chi connectivity index (χ1n) is 9.98. The van der Waals surface area contributed by atoms with Gasteiger partial charge >= 0.3 is 0 Å². The Bertz CT molecular complexity index is 986. The van der Waals surface area contributed by atoms with Crippen LogP contribution < -0.4 is 5.32 Å². The van der Waals surface area contributed by atoms with E-state index in [0.29, 0.717) is 16.4 Å². The molecule has 0 bridgehead atoms. The highest BCUT2D eigenvalue weighted by molar-refractivity contribution is 7.18. The molecule has 158 valence electrons. The van der Waals surface area contributed by atoms with E-state index in [1.54, 1.807) is 18.4 Å². The van der Waals surface area contributed by atoms with Crippen LogP contribution in [0.5, 0.6) is 0 Å². The fraction of sp³-hybridized carbons (Fsp3) is 0.364. The number of amides is 2. The van der Waals surface area contributed by atoms with E-state index in [1.807, 2.05) is 30.0 Å². The van der Waals surface area contributed by atoms with E-state index < -0.39 is 0 Å². The van der Waals surface area contributed by atoms with Gasteiger partial charge < -0.3 is 24.0 Å². The van der Waals surface area contributed by atoms with Crippen molar-refractivity contribution in [2.45, 2.75) is 32.4 Å². The van der Waals surface area contributed by atoms with Gasteiger partial charge in [0, 0.05) is 6.04 Å². The number of anilines is 1. The molecule has 4 heterocycles. The first-order chi connectivity index (χ1) is 14.5. The van der Waals surface area contributed by atoms with Crippen molar-refractivity contribution in [2.24, 2.45) is 0 Å². The summed E-state index contributed by atoms with van der Waals surface area (Å²) in [6, 6.07) is 8.99.